The Labute approximate surface area is 193 Å². The van der Waals surface area contributed by atoms with Crippen LogP contribution in [0, 0.1) is 5.92 Å². The molecule has 0 bridgehead atoms. The van der Waals surface area contributed by atoms with Crippen molar-refractivity contribution in [1.82, 2.24) is 15.5 Å². The van der Waals surface area contributed by atoms with Gasteiger partial charge in [0.1, 0.15) is 5.60 Å². The molecule has 0 saturated carbocycles. The molecule has 9 heteroatoms. The molecule has 2 N–H and O–H groups in total. The van der Waals surface area contributed by atoms with E-state index in [2.05, 4.69) is 10.6 Å². The van der Waals surface area contributed by atoms with E-state index >= 15 is 0 Å². The van der Waals surface area contributed by atoms with Crippen LogP contribution in [0.3, 0.4) is 0 Å². The lowest BCUT2D eigenvalue weighted by Gasteiger charge is -2.32. The van der Waals surface area contributed by atoms with Gasteiger partial charge in [-0.3, -0.25) is 9.59 Å². The molecule has 1 saturated heterocycles. The zero-order valence-corrected chi connectivity index (χ0v) is 20.0. The zero-order chi connectivity index (χ0) is 22.9. The van der Waals surface area contributed by atoms with E-state index in [0.717, 1.165) is 18.4 Å². The Balaban J connectivity index is 1.67. The molecule has 2 rings (SSSR count). The molecule has 1 atom stereocenters. The molecule has 1 heterocycles. The minimum absolute atomic E-state index is 0.0520. The maximum absolute atomic E-state index is 12.6. The Morgan fingerprint density at radius 2 is 1.97 bits per heavy atom. The van der Waals surface area contributed by atoms with E-state index in [9.17, 15) is 14.4 Å². The summed E-state index contributed by atoms with van der Waals surface area (Å²) in [5.41, 5.74) is 0.527. The molecule has 1 unspecified atom stereocenters. The van der Waals surface area contributed by atoms with Gasteiger partial charge in [0.2, 0.25) is 11.8 Å². The first kappa shape index (κ1) is 25.3. The van der Waals surface area contributed by atoms with Crippen LogP contribution in [0.15, 0.2) is 24.3 Å². The number of likely N-dealkylation sites (tertiary alicyclic amines) is 1. The van der Waals surface area contributed by atoms with Gasteiger partial charge in [-0.1, -0.05) is 23.7 Å². The summed E-state index contributed by atoms with van der Waals surface area (Å²) in [5.74, 6) is 0.832. The first-order valence-electron chi connectivity index (χ1n) is 10.5. The monoisotopic (exact) mass is 469 g/mol. The Morgan fingerprint density at radius 3 is 2.68 bits per heavy atom. The highest BCUT2D eigenvalue weighted by Crippen LogP contribution is 2.20. The highest BCUT2D eigenvalue weighted by Gasteiger charge is 2.28. The van der Waals surface area contributed by atoms with Crippen LogP contribution in [-0.4, -0.2) is 60.3 Å². The predicted molar refractivity (Wildman–Crippen MR) is 124 cm³/mol. The summed E-state index contributed by atoms with van der Waals surface area (Å²) in [6.07, 6.45) is 1.05. The third-order valence-electron chi connectivity index (χ3n) is 4.62. The van der Waals surface area contributed by atoms with Gasteiger partial charge in [0.15, 0.2) is 0 Å². The van der Waals surface area contributed by atoms with Crippen LogP contribution < -0.4 is 10.6 Å². The first-order valence-corrected chi connectivity index (χ1v) is 12.0. The van der Waals surface area contributed by atoms with E-state index in [1.165, 1.54) is 0 Å². The quantitative estimate of drug-likeness (QED) is 0.569. The highest BCUT2D eigenvalue weighted by atomic mass is 35.5. The van der Waals surface area contributed by atoms with Crippen LogP contribution in [0.4, 0.5) is 4.79 Å². The third-order valence-corrected chi connectivity index (χ3v) is 5.84. The molecule has 7 nitrogen and oxygen atoms in total. The highest BCUT2D eigenvalue weighted by molar-refractivity contribution is 7.99. The van der Waals surface area contributed by atoms with Crippen molar-refractivity contribution in [2.24, 2.45) is 5.92 Å². The lowest BCUT2D eigenvalue weighted by Crippen LogP contribution is -2.47. The number of piperidine rings is 1. The van der Waals surface area contributed by atoms with Gasteiger partial charge in [-0.2, -0.15) is 0 Å². The number of hydrogen-bond donors (Lipinski definition) is 2. The average Bonchev–Trinajstić information content (AvgIpc) is 2.70. The Morgan fingerprint density at radius 1 is 1.23 bits per heavy atom. The number of amides is 3. The van der Waals surface area contributed by atoms with Gasteiger partial charge in [0.25, 0.3) is 0 Å². The van der Waals surface area contributed by atoms with Crippen molar-refractivity contribution in [3.05, 3.63) is 34.9 Å². The van der Waals surface area contributed by atoms with E-state index in [1.54, 1.807) is 37.4 Å². The molecular weight excluding hydrogens is 438 g/mol. The molecule has 1 aliphatic heterocycles. The van der Waals surface area contributed by atoms with Gasteiger partial charge < -0.3 is 20.3 Å². The van der Waals surface area contributed by atoms with Crippen molar-refractivity contribution in [1.29, 1.82) is 0 Å². The summed E-state index contributed by atoms with van der Waals surface area (Å²) >= 11 is 7.54. The molecule has 0 radical (unpaired) electrons. The van der Waals surface area contributed by atoms with Gasteiger partial charge in [0.05, 0.1) is 11.7 Å². The number of rotatable bonds is 8. The van der Waals surface area contributed by atoms with Crippen molar-refractivity contribution in [2.45, 2.75) is 45.0 Å². The smallest absolute Gasteiger partial charge is 0.407 e. The number of ether oxygens (including phenoxy) is 1. The standard InChI is InChI=1S/C22H32ClN3O4S/c1-22(2,3)30-21(29)25-10-9-24-20(28)17-7-5-11-26(13-17)19(27)15-31-14-16-6-4-8-18(23)12-16/h4,6,8,12,17H,5,7,9-11,13-15H2,1-3H3,(H,24,28)(H,25,29). The molecule has 1 fully saturated rings. The topological polar surface area (TPSA) is 87.7 Å². The van der Waals surface area contributed by atoms with E-state index in [4.69, 9.17) is 16.3 Å². The second-order valence-electron chi connectivity index (χ2n) is 8.52. The van der Waals surface area contributed by atoms with Crippen LogP contribution in [0.1, 0.15) is 39.2 Å². The van der Waals surface area contributed by atoms with Gasteiger partial charge in [0, 0.05) is 37.0 Å². The number of thioether (sulfide) groups is 1. The number of nitrogens with zero attached hydrogens (tertiary/aromatic N) is 1. The van der Waals surface area contributed by atoms with Crippen LogP contribution in [0.25, 0.3) is 0 Å². The number of halogens is 1. The van der Waals surface area contributed by atoms with Crippen molar-refractivity contribution >= 4 is 41.3 Å². The van der Waals surface area contributed by atoms with Crippen LogP contribution in [0.2, 0.25) is 5.02 Å². The Hall–Kier alpha value is -1.93. The maximum atomic E-state index is 12.6. The van der Waals surface area contributed by atoms with Gasteiger partial charge in [-0.15, -0.1) is 11.8 Å². The normalized spacial score (nSPS) is 16.5. The number of hydrogen-bond acceptors (Lipinski definition) is 5. The number of carbonyl (C=O) groups is 3. The van der Waals surface area contributed by atoms with E-state index in [0.29, 0.717) is 36.2 Å². The van der Waals surface area contributed by atoms with Crippen LogP contribution in [0.5, 0.6) is 0 Å². The fraction of sp³-hybridized carbons (Fsp3) is 0.591. The largest absolute Gasteiger partial charge is 0.444 e. The summed E-state index contributed by atoms with van der Waals surface area (Å²) in [5, 5.41) is 6.14. The zero-order valence-electron chi connectivity index (χ0n) is 18.4. The van der Waals surface area contributed by atoms with E-state index in [1.807, 2.05) is 24.3 Å². The van der Waals surface area contributed by atoms with Crippen molar-refractivity contribution in [2.75, 3.05) is 31.9 Å². The first-order chi connectivity index (χ1) is 14.6. The molecule has 1 aromatic rings. The molecule has 31 heavy (non-hydrogen) atoms. The summed E-state index contributed by atoms with van der Waals surface area (Å²) in [4.78, 5) is 38.4. The van der Waals surface area contributed by atoms with E-state index in [-0.39, 0.29) is 24.3 Å². The van der Waals surface area contributed by atoms with Crippen molar-refractivity contribution < 1.29 is 19.1 Å². The number of carbonyl (C=O) groups excluding carboxylic acids is 3. The van der Waals surface area contributed by atoms with Crippen molar-refractivity contribution in [3.63, 3.8) is 0 Å². The Bertz CT molecular complexity index is 769. The molecule has 172 valence electrons. The number of alkyl carbamates (subject to hydrolysis) is 1. The molecular formula is C22H32ClN3O4S. The number of benzene rings is 1. The SMILES string of the molecule is CC(C)(C)OC(=O)NCCNC(=O)C1CCCN(C(=O)CSCc2cccc(Cl)c2)C1. The maximum Gasteiger partial charge on any atom is 0.407 e. The molecule has 0 aromatic heterocycles. The molecule has 1 aromatic carbocycles. The number of nitrogens with one attached hydrogen (secondary N) is 2. The second-order valence-corrected chi connectivity index (χ2v) is 9.94. The van der Waals surface area contributed by atoms with Gasteiger partial charge in [-0.05, 0) is 51.3 Å². The average molecular weight is 470 g/mol. The van der Waals surface area contributed by atoms with E-state index < -0.39 is 11.7 Å². The summed E-state index contributed by atoms with van der Waals surface area (Å²) in [6.45, 7) is 7.09. The lowest BCUT2D eigenvalue weighted by atomic mass is 9.97. The predicted octanol–water partition coefficient (Wildman–Crippen LogP) is 3.45. The van der Waals surface area contributed by atoms with Crippen LogP contribution in [-0.2, 0) is 20.1 Å². The van der Waals surface area contributed by atoms with Gasteiger partial charge >= 0.3 is 6.09 Å². The van der Waals surface area contributed by atoms with Gasteiger partial charge in [-0.25, -0.2) is 4.79 Å². The van der Waals surface area contributed by atoms with Crippen LogP contribution >= 0.6 is 23.4 Å². The minimum atomic E-state index is -0.558. The molecule has 3 amide bonds. The fourth-order valence-electron chi connectivity index (χ4n) is 3.20. The minimum Gasteiger partial charge on any atom is -0.444 e. The fourth-order valence-corrected chi connectivity index (χ4v) is 4.29. The summed E-state index contributed by atoms with van der Waals surface area (Å²) in [7, 11) is 0. The Kier molecular flexibility index (Phi) is 9.96. The second kappa shape index (κ2) is 12.2. The molecule has 0 aliphatic carbocycles. The van der Waals surface area contributed by atoms with Crippen molar-refractivity contribution in [3.8, 4) is 0 Å². The molecule has 1 aliphatic rings. The summed E-state index contributed by atoms with van der Waals surface area (Å²) in [6, 6.07) is 7.62. The summed E-state index contributed by atoms with van der Waals surface area (Å²) < 4.78 is 5.15. The lowest BCUT2D eigenvalue weighted by molar-refractivity contribution is -0.133. The molecule has 0 spiro atoms. The third kappa shape index (κ3) is 9.82.